The van der Waals surface area contributed by atoms with Gasteiger partial charge in [0.25, 0.3) is 11.6 Å². The topological polar surface area (TPSA) is 93.8 Å². The first kappa shape index (κ1) is 17.0. The fourth-order valence-corrected chi connectivity index (χ4v) is 1.73. The molecule has 2 aromatic rings. The van der Waals surface area contributed by atoms with E-state index in [0.717, 1.165) is 6.07 Å². The number of nitro benzene ring substituents is 1. The van der Waals surface area contributed by atoms with Crippen molar-refractivity contribution in [2.75, 3.05) is 0 Å². The standard InChI is InChI=1S/C15H11F2N3O4/c16-15(17)24-13-6-4-10(5-7-13)9-18-19-14(21)11-2-1-3-12(8-11)20(22)23/h1-9,15H,(H,19,21)/b18-9-. The maximum absolute atomic E-state index is 12.0. The van der Waals surface area contributed by atoms with Crippen LogP contribution in [0.2, 0.25) is 0 Å². The second kappa shape index (κ2) is 7.77. The Morgan fingerprint density at radius 1 is 1.25 bits per heavy atom. The summed E-state index contributed by atoms with van der Waals surface area (Å²) in [5.41, 5.74) is 2.63. The van der Waals surface area contributed by atoms with E-state index < -0.39 is 17.4 Å². The van der Waals surface area contributed by atoms with Crippen LogP contribution >= 0.6 is 0 Å². The second-order valence-corrected chi connectivity index (χ2v) is 4.45. The molecule has 0 aliphatic rings. The van der Waals surface area contributed by atoms with Gasteiger partial charge in [0.15, 0.2) is 0 Å². The third kappa shape index (κ3) is 4.83. The molecule has 0 spiro atoms. The Morgan fingerprint density at radius 3 is 2.58 bits per heavy atom. The van der Waals surface area contributed by atoms with E-state index in [9.17, 15) is 23.7 Å². The van der Waals surface area contributed by atoms with Gasteiger partial charge < -0.3 is 4.74 Å². The minimum atomic E-state index is -2.90. The average molecular weight is 335 g/mol. The highest BCUT2D eigenvalue weighted by atomic mass is 19.3. The van der Waals surface area contributed by atoms with Gasteiger partial charge in [-0.05, 0) is 35.9 Å². The lowest BCUT2D eigenvalue weighted by Crippen LogP contribution is -2.17. The molecule has 2 rings (SSSR count). The number of carbonyl (C=O) groups is 1. The summed E-state index contributed by atoms with van der Waals surface area (Å²) < 4.78 is 28.2. The van der Waals surface area contributed by atoms with Gasteiger partial charge in [0.2, 0.25) is 0 Å². The molecule has 0 aliphatic heterocycles. The first-order valence-corrected chi connectivity index (χ1v) is 6.58. The van der Waals surface area contributed by atoms with Gasteiger partial charge in [-0.25, -0.2) is 5.43 Å². The molecule has 0 aromatic heterocycles. The van der Waals surface area contributed by atoms with E-state index in [1.165, 1.54) is 48.7 Å². The normalized spacial score (nSPS) is 10.8. The van der Waals surface area contributed by atoms with Crippen LogP contribution in [0.25, 0.3) is 0 Å². The first-order chi connectivity index (χ1) is 11.5. The zero-order valence-electron chi connectivity index (χ0n) is 12.1. The molecule has 7 nitrogen and oxygen atoms in total. The van der Waals surface area contributed by atoms with Crippen molar-refractivity contribution in [2.24, 2.45) is 5.10 Å². The minimum Gasteiger partial charge on any atom is -0.435 e. The largest absolute Gasteiger partial charge is 0.435 e. The predicted molar refractivity (Wildman–Crippen MR) is 81.2 cm³/mol. The van der Waals surface area contributed by atoms with Crippen LogP contribution < -0.4 is 10.2 Å². The minimum absolute atomic E-state index is 0.00257. The van der Waals surface area contributed by atoms with E-state index in [1.807, 2.05) is 0 Å². The van der Waals surface area contributed by atoms with Crippen molar-refractivity contribution in [3.63, 3.8) is 0 Å². The lowest BCUT2D eigenvalue weighted by molar-refractivity contribution is -0.384. The zero-order valence-corrected chi connectivity index (χ0v) is 12.1. The third-order valence-corrected chi connectivity index (χ3v) is 2.80. The fraction of sp³-hybridized carbons (Fsp3) is 0.0667. The van der Waals surface area contributed by atoms with Crippen molar-refractivity contribution in [1.82, 2.24) is 5.43 Å². The third-order valence-electron chi connectivity index (χ3n) is 2.80. The number of nitro groups is 1. The van der Waals surface area contributed by atoms with Crippen molar-refractivity contribution in [1.29, 1.82) is 0 Å². The average Bonchev–Trinajstić information content (AvgIpc) is 2.56. The molecule has 24 heavy (non-hydrogen) atoms. The van der Waals surface area contributed by atoms with Crippen LogP contribution in [0.5, 0.6) is 5.75 Å². The maximum atomic E-state index is 12.0. The Kier molecular flexibility index (Phi) is 5.50. The van der Waals surface area contributed by atoms with Crippen LogP contribution in [0, 0.1) is 10.1 Å². The highest BCUT2D eigenvalue weighted by Crippen LogP contribution is 2.14. The summed E-state index contributed by atoms with van der Waals surface area (Å²) in [6, 6.07) is 10.8. The molecule has 0 fully saturated rings. The first-order valence-electron chi connectivity index (χ1n) is 6.58. The summed E-state index contributed by atoms with van der Waals surface area (Å²) in [6.45, 7) is -2.90. The molecule has 0 atom stereocenters. The van der Waals surface area contributed by atoms with Gasteiger partial charge in [-0.2, -0.15) is 13.9 Å². The quantitative estimate of drug-likeness (QED) is 0.499. The zero-order chi connectivity index (χ0) is 17.5. The molecule has 1 amide bonds. The SMILES string of the molecule is O=C(N/N=C\c1ccc(OC(F)F)cc1)c1cccc([N+](=O)[O-])c1. The molecule has 0 radical (unpaired) electrons. The molecule has 0 saturated carbocycles. The van der Waals surface area contributed by atoms with E-state index in [-0.39, 0.29) is 17.0 Å². The highest BCUT2D eigenvalue weighted by molar-refractivity contribution is 5.95. The fourth-order valence-electron chi connectivity index (χ4n) is 1.73. The molecule has 0 heterocycles. The van der Waals surface area contributed by atoms with Crippen LogP contribution in [0.1, 0.15) is 15.9 Å². The summed E-state index contributed by atoms with van der Waals surface area (Å²) in [5.74, 6) is -0.615. The number of nitrogens with zero attached hydrogens (tertiary/aromatic N) is 2. The van der Waals surface area contributed by atoms with E-state index >= 15 is 0 Å². The van der Waals surface area contributed by atoms with Crippen LogP contribution in [-0.2, 0) is 0 Å². The van der Waals surface area contributed by atoms with E-state index in [1.54, 1.807) is 0 Å². The molecular weight excluding hydrogens is 324 g/mol. The van der Waals surface area contributed by atoms with E-state index in [2.05, 4.69) is 15.3 Å². The predicted octanol–water partition coefficient (Wildman–Crippen LogP) is 2.96. The van der Waals surface area contributed by atoms with Crippen LogP contribution in [-0.4, -0.2) is 23.7 Å². The summed E-state index contributed by atoms with van der Waals surface area (Å²) >= 11 is 0. The van der Waals surface area contributed by atoms with Crippen molar-refractivity contribution in [2.45, 2.75) is 6.61 Å². The summed E-state index contributed by atoms with van der Waals surface area (Å²) in [6.07, 6.45) is 1.29. The summed E-state index contributed by atoms with van der Waals surface area (Å²) in [4.78, 5) is 21.9. The van der Waals surface area contributed by atoms with Crippen molar-refractivity contribution in [3.8, 4) is 5.75 Å². The molecule has 0 unspecified atom stereocenters. The smallest absolute Gasteiger partial charge is 0.387 e. The number of hydrazone groups is 1. The number of alkyl halides is 2. The number of nitrogens with one attached hydrogen (secondary N) is 1. The maximum Gasteiger partial charge on any atom is 0.387 e. The molecule has 124 valence electrons. The summed E-state index contributed by atoms with van der Waals surface area (Å²) in [5, 5.41) is 14.4. The van der Waals surface area contributed by atoms with E-state index in [4.69, 9.17) is 0 Å². The second-order valence-electron chi connectivity index (χ2n) is 4.45. The number of rotatable bonds is 6. The molecule has 2 aromatic carbocycles. The number of amides is 1. The lowest BCUT2D eigenvalue weighted by Gasteiger charge is -2.03. The van der Waals surface area contributed by atoms with Crippen molar-refractivity contribution < 1.29 is 23.2 Å². The van der Waals surface area contributed by atoms with Crippen molar-refractivity contribution >= 4 is 17.8 Å². The molecule has 0 aliphatic carbocycles. The van der Waals surface area contributed by atoms with Gasteiger partial charge in [0, 0.05) is 17.7 Å². The van der Waals surface area contributed by atoms with Crippen LogP contribution in [0.15, 0.2) is 53.6 Å². The molecule has 9 heteroatoms. The van der Waals surface area contributed by atoms with Gasteiger partial charge in [0.1, 0.15) is 5.75 Å². The molecule has 0 bridgehead atoms. The Hall–Kier alpha value is -3.36. The van der Waals surface area contributed by atoms with Gasteiger partial charge >= 0.3 is 6.61 Å². The molecular formula is C15H11F2N3O4. The lowest BCUT2D eigenvalue weighted by atomic mass is 10.2. The number of halogens is 2. The highest BCUT2D eigenvalue weighted by Gasteiger charge is 2.10. The molecule has 1 N–H and O–H groups in total. The Bertz CT molecular complexity index is 764. The summed E-state index contributed by atoms with van der Waals surface area (Å²) in [7, 11) is 0. The number of hydrogen-bond acceptors (Lipinski definition) is 5. The van der Waals surface area contributed by atoms with Crippen LogP contribution in [0.4, 0.5) is 14.5 Å². The van der Waals surface area contributed by atoms with Crippen molar-refractivity contribution in [3.05, 3.63) is 69.8 Å². The number of non-ortho nitro benzene ring substituents is 1. The van der Waals surface area contributed by atoms with Gasteiger partial charge in [-0.3, -0.25) is 14.9 Å². The Morgan fingerprint density at radius 2 is 1.96 bits per heavy atom. The van der Waals surface area contributed by atoms with Crippen LogP contribution in [0.3, 0.4) is 0 Å². The van der Waals surface area contributed by atoms with Gasteiger partial charge in [-0.1, -0.05) is 6.07 Å². The Balaban J connectivity index is 1.97. The Labute approximate surface area is 134 Å². The number of benzene rings is 2. The van der Waals surface area contributed by atoms with E-state index in [0.29, 0.717) is 5.56 Å². The number of ether oxygens (including phenoxy) is 1. The number of carbonyl (C=O) groups excluding carboxylic acids is 1. The van der Waals surface area contributed by atoms with Gasteiger partial charge in [-0.15, -0.1) is 0 Å². The molecule has 0 saturated heterocycles. The monoisotopic (exact) mass is 335 g/mol. The van der Waals surface area contributed by atoms with Gasteiger partial charge in [0.05, 0.1) is 11.1 Å². The number of hydrogen-bond donors (Lipinski definition) is 1.